The van der Waals surface area contributed by atoms with Gasteiger partial charge in [0.25, 0.3) is 5.91 Å². The lowest BCUT2D eigenvalue weighted by Gasteiger charge is -2.32. The minimum atomic E-state index is -4.66. The summed E-state index contributed by atoms with van der Waals surface area (Å²) in [6.45, 7) is 0.362. The van der Waals surface area contributed by atoms with Crippen LogP contribution in [0, 0.1) is 0 Å². The summed E-state index contributed by atoms with van der Waals surface area (Å²) in [6, 6.07) is 3.37. The molecule has 6 nitrogen and oxygen atoms in total. The van der Waals surface area contributed by atoms with Gasteiger partial charge in [0.05, 0.1) is 17.0 Å². The van der Waals surface area contributed by atoms with Crippen molar-refractivity contribution in [2.75, 3.05) is 0 Å². The van der Waals surface area contributed by atoms with Gasteiger partial charge in [0, 0.05) is 12.7 Å². The van der Waals surface area contributed by atoms with Crippen LogP contribution in [0.3, 0.4) is 0 Å². The molecule has 1 atom stereocenters. The van der Waals surface area contributed by atoms with Gasteiger partial charge in [-0.3, -0.25) is 19.6 Å². The number of aromatic nitrogens is 3. The lowest BCUT2D eigenvalue weighted by molar-refractivity contribution is -0.141. The molecule has 4 heterocycles. The second kappa shape index (κ2) is 4.18. The molecule has 0 bridgehead atoms. The summed E-state index contributed by atoms with van der Waals surface area (Å²) in [6.07, 6.45) is -2.99. The Balaban J connectivity index is 2.03. The zero-order valence-corrected chi connectivity index (χ0v) is 11.5. The highest BCUT2D eigenvalue weighted by Crippen LogP contribution is 2.44. The number of nitrogens with one attached hydrogen (secondary N) is 1. The number of carbonyl (C=O) groups is 2. The molecule has 1 N–H and O–H groups in total. The van der Waals surface area contributed by atoms with E-state index < -0.39 is 29.1 Å². The van der Waals surface area contributed by atoms with Gasteiger partial charge in [-0.05, 0) is 24.6 Å². The fraction of sp³-hybridized carbons (Fsp3) is 0.286. The van der Waals surface area contributed by atoms with E-state index >= 15 is 0 Å². The molecular weight excluding hydrogens is 313 g/mol. The van der Waals surface area contributed by atoms with Crippen molar-refractivity contribution in [2.45, 2.75) is 24.6 Å². The predicted molar refractivity (Wildman–Crippen MR) is 69.3 cm³/mol. The minimum absolute atomic E-state index is 0.0211. The van der Waals surface area contributed by atoms with Crippen LogP contribution in [0.5, 0.6) is 0 Å². The molecule has 9 heteroatoms. The second-order valence-electron chi connectivity index (χ2n) is 5.47. The zero-order chi connectivity index (χ0) is 16.4. The highest BCUT2D eigenvalue weighted by Gasteiger charge is 2.54. The standard InChI is InChI=1S/C14H9F3N4O2/c15-14(16,17)8-2-1-7-10(19-8)13(12(23)20-11(7)22)4-6-21-9(13)3-5-18-21/h1-3,5H,4,6H2,(H,20,22,23). The number of amides is 2. The number of halogens is 3. The monoisotopic (exact) mass is 322 g/mol. The Bertz CT molecular complexity index is 858. The highest BCUT2D eigenvalue weighted by molar-refractivity contribution is 6.14. The summed E-state index contributed by atoms with van der Waals surface area (Å²) in [5.41, 5.74) is -2.28. The lowest BCUT2D eigenvalue weighted by atomic mass is 9.74. The molecule has 0 aliphatic carbocycles. The summed E-state index contributed by atoms with van der Waals surface area (Å²) in [7, 11) is 0. The van der Waals surface area contributed by atoms with Crippen LogP contribution < -0.4 is 5.32 Å². The first-order chi connectivity index (χ1) is 10.8. The molecule has 4 rings (SSSR count). The van der Waals surface area contributed by atoms with Crippen LogP contribution in [0.25, 0.3) is 0 Å². The maximum absolute atomic E-state index is 13.0. The van der Waals surface area contributed by atoms with E-state index in [2.05, 4.69) is 15.4 Å². The zero-order valence-electron chi connectivity index (χ0n) is 11.5. The van der Waals surface area contributed by atoms with E-state index in [0.717, 1.165) is 12.1 Å². The van der Waals surface area contributed by atoms with E-state index in [4.69, 9.17) is 0 Å². The number of carbonyl (C=O) groups excluding carboxylic acids is 2. The van der Waals surface area contributed by atoms with E-state index in [1.54, 1.807) is 10.7 Å². The number of aryl methyl sites for hydroxylation is 1. The number of pyridine rings is 1. The first-order valence-corrected chi connectivity index (χ1v) is 6.81. The molecule has 0 saturated heterocycles. The van der Waals surface area contributed by atoms with E-state index in [9.17, 15) is 22.8 Å². The number of hydrogen-bond donors (Lipinski definition) is 1. The lowest BCUT2D eigenvalue weighted by Crippen LogP contribution is -2.52. The van der Waals surface area contributed by atoms with Gasteiger partial charge in [-0.1, -0.05) is 0 Å². The quantitative estimate of drug-likeness (QED) is 0.741. The number of alkyl halides is 3. The molecule has 2 aliphatic heterocycles. The molecule has 0 fully saturated rings. The Morgan fingerprint density at radius 2 is 2.00 bits per heavy atom. The average Bonchev–Trinajstić information content (AvgIpc) is 3.06. The third kappa shape index (κ3) is 1.70. The topological polar surface area (TPSA) is 76.9 Å². The molecule has 2 aromatic rings. The van der Waals surface area contributed by atoms with Crippen LogP contribution >= 0.6 is 0 Å². The number of hydrogen-bond acceptors (Lipinski definition) is 4. The fourth-order valence-electron chi connectivity index (χ4n) is 3.25. The smallest absolute Gasteiger partial charge is 0.291 e. The largest absolute Gasteiger partial charge is 0.433 e. The Labute approximate surface area is 127 Å². The van der Waals surface area contributed by atoms with Crippen molar-refractivity contribution in [3.8, 4) is 0 Å². The number of nitrogens with zero attached hydrogens (tertiary/aromatic N) is 3. The van der Waals surface area contributed by atoms with Crippen molar-refractivity contribution < 1.29 is 22.8 Å². The molecule has 0 aromatic carbocycles. The first-order valence-electron chi connectivity index (χ1n) is 6.81. The number of fused-ring (bicyclic) bond motifs is 4. The molecule has 2 aromatic heterocycles. The van der Waals surface area contributed by atoms with Crippen molar-refractivity contribution >= 4 is 11.8 Å². The molecule has 2 aliphatic rings. The summed E-state index contributed by atoms with van der Waals surface area (Å²) in [5, 5.41) is 6.26. The predicted octanol–water partition coefficient (Wildman–Crippen LogP) is 1.26. The van der Waals surface area contributed by atoms with Crippen LogP contribution in [-0.4, -0.2) is 26.6 Å². The third-order valence-corrected chi connectivity index (χ3v) is 4.30. The SMILES string of the molecule is O=C1NC(=O)C2(CCn3nccc32)c2nc(C(F)(F)F)ccc21. The molecule has 1 unspecified atom stereocenters. The third-order valence-electron chi connectivity index (χ3n) is 4.30. The summed E-state index contributed by atoms with van der Waals surface area (Å²) >= 11 is 0. The highest BCUT2D eigenvalue weighted by atomic mass is 19.4. The average molecular weight is 322 g/mol. The normalized spacial score (nSPS) is 22.9. The Morgan fingerprint density at radius 3 is 2.74 bits per heavy atom. The summed E-state index contributed by atoms with van der Waals surface area (Å²) in [5.74, 6) is -1.41. The fourth-order valence-corrected chi connectivity index (χ4v) is 3.25. The Morgan fingerprint density at radius 1 is 1.22 bits per heavy atom. The van der Waals surface area contributed by atoms with Gasteiger partial charge in [-0.2, -0.15) is 18.3 Å². The maximum Gasteiger partial charge on any atom is 0.433 e. The van der Waals surface area contributed by atoms with Crippen molar-refractivity contribution in [2.24, 2.45) is 0 Å². The molecular formula is C14H9F3N4O2. The number of imide groups is 1. The Kier molecular flexibility index (Phi) is 2.53. The van der Waals surface area contributed by atoms with Crippen LogP contribution in [-0.2, 0) is 22.9 Å². The second-order valence-corrected chi connectivity index (χ2v) is 5.47. The van der Waals surface area contributed by atoms with Crippen molar-refractivity contribution in [3.63, 3.8) is 0 Å². The van der Waals surface area contributed by atoms with Gasteiger partial charge in [0.2, 0.25) is 5.91 Å². The Hall–Kier alpha value is -2.71. The molecule has 0 radical (unpaired) electrons. The van der Waals surface area contributed by atoms with Gasteiger partial charge in [0.15, 0.2) is 0 Å². The van der Waals surface area contributed by atoms with E-state index in [-0.39, 0.29) is 17.7 Å². The molecule has 118 valence electrons. The van der Waals surface area contributed by atoms with E-state index in [1.807, 2.05) is 0 Å². The summed E-state index contributed by atoms with van der Waals surface area (Å²) < 4.78 is 40.5. The van der Waals surface area contributed by atoms with E-state index in [0.29, 0.717) is 12.2 Å². The van der Waals surface area contributed by atoms with Crippen LogP contribution in [0.1, 0.15) is 33.9 Å². The minimum Gasteiger partial charge on any atom is -0.291 e. The van der Waals surface area contributed by atoms with Crippen LogP contribution in [0.15, 0.2) is 24.4 Å². The van der Waals surface area contributed by atoms with Crippen molar-refractivity contribution in [1.29, 1.82) is 0 Å². The molecule has 1 spiro atoms. The molecule has 2 amide bonds. The van der Waals surface area contributed by atoms with Gasteiger partial charge in [-0.25, -0.2) is 4.98 Å². The molecule has 23 heavy (non-hydrogen) atoms. The van der Waals surface area contributed by atoms with Crippen LogP contribution in [0.2, 0.25) is 0 Å². The summed E-state index contributed by atoms with van der Waals surface area (Å²) in [4.78, 5) is 28.1. The maximum atomic E-state index is 13.0. The van der Waals surface area contributed by atoms with Gasteiger partial charge in [-0.15, -0.1) is 0 Å². The number of rotatable bonds is 0. The van der Waals surface area contributed by atoms with Crippen molar-refractivity contribution in [1.82, 2.24) is 20.1 Å². The first kappa shape index (κ1) is 13.9. The van der Waals surface area contributed by atoms with Crippen LogP contribution in [0.4, 0.5) is 13.2 Å². The van der Waals surface area contributed by atoms with Gasteiger partial charge < -0.3 is 0 Å². The van der Waals surface area contributed by atoms with Crippen molar-refractivity contribution in [3.05, 3.63) is 47.0 Å². The van der Waals surface area contributed by atoms with Gasteiger partial charge >= 0.3 is 6.18 Å². The van der Waals surface area contributed by atoms with Gasteiger partial charge in [0.1, 0.15) is 11.1 Å². The molecule has 0 saturated carbocycles. The van der Waals surface area contributed by atoms with E-state index in [1.165, 1.54) is 6.20 Å².